The highest BCUT2D eigenvalue weighted by Gasteiger charge is 1.91. The lowest BCUT2D eigenvalue weighted by molar-refractivity contribution is 0.977. The summed E-state index contributed by atoms with van der Waals surface area (Å²) in [7, 11) is 0. The van der Waals surface area contributed by atoms with Crippen molar-refractivity contribution in [2.45, 2.75) is 13.3 Å². The fourth-order valence-electron chi connectivity index (χ4n) is 0.853. The lowest BCUT2D eigenvalue weighted by atomic mass is 10.4. The van der Waals surface area contributed by atoms with Gasteiger partial charge in [-0.2, -0.15) is 0 Å². The van der Waals surface area contributed by atoms with Crippen molar-refractivity contribution in [3.63, 3.8) is 0 Å². The van der Waals surface area contributed by atoms with E-state index in [0.717, 1.165) is 18.7 Å². The fourth-order valence-corrected chi connectivity index (χ4v) is 0.853. The molecular formula is C8H14N4. The topological polar surface area (TPSA) is 63.0 Å². The molecule has 0 spiro atoms. The van der Waals surface area contributed by atoms with E-state index in [1.54, 1.807) is 6.20 Å². The number of nitrogens with one attached hydrogen (secondary N) is 2. The summed E-state index contributed by atoms with van der Waals surface area (Å²) in [5.74, 6) is 5.84. The van der Waals surface area contributed by atoms with Gasteiger partial charge in [0.25, 0.3) is 0 Å². The molecule has 0 atom stereocenters. The Morgan fingerprint density at radius 2 is 2.33 bits per heavy atom. The van der Waals surface area contributed by atoms with Crippen LogP contribution in [0, 0.1) is 0 Å². The minimum atomic E-state index is 0.678. The SMILES string of the molecule is CCCNc1ccc(NN)nc1. The normalized spacial score (nSPS) is 9.50. The summed E-state index contributed by atoms with van der Waals surface area (Å²) in [6.45, 7) is 3.09. The molecular weight excluding hydrogens is 152 g/mol. The summed E-state index contributed by atoms with van der Waals surface area (Å²) < 4.78 is 0. The smallest absolute Gasteiger partial charge is 0.140 e. The first kappa shape index (κ1) is 8.80. The Morgan fingerprint density at radius 3 is 2.83 bits per heavy atom. The van der Waals surface area contributed by atoms with E-state index < -0.39 is 0 Å². The van der Waals surface area contributed by atoms with E-state index in [-0.39, 0.29) is 0 Å². The van der Waals surface area contributed by atoms with E-state index in [0.29, 0.717) is 5.82 Å². The molecule has 1 aromatic rings. The first-order valence-electron chi connectivity index (χ1n) is 4.03. The summed E-state index contributed by atoms with van der Waals surface area (Å²) in [6, 6.07) is 3.77. The molecule has 12 heavy (non-hydrogen) atoms. The van der Waals surface area contributed by atoms with Gasteiger partial charge in [0.2, 0.25) is 0 Å². The lowest BCUT2D eigenvalue weighted by Gasteiger charge is -2.04. The molecule has 0 bridgehead atoms. The maximum absolute atomic E-state index is 5.17. The summed E-state index contributed by atoms with van der Waals surface area (Å²) in [6.07, 6.45) is 2.86. The Bertz CT molecular complexity index is 219. The van der Waals surface area contributed by atoms with E-state index >= 15 is 0 Å². The number of nitrogen functional groups attached to an aromatic ring is 1. The molecule has 0 aliphatic heterocycles. The number of nitrogens with zero attached hydrogens (tertiary/aromatic N) is 1. The maximum atomic E-state index is 5.17. The molecule has 0 saturated heterocycles. The van der Waals surface area contributed by atoms with Crippen molar-refractivity contribution in [1.29, 1.82) is 0 Å². The molecule has 0 fully saturated rings. The van der Waals surface area contributed by atoms with Crippen LogP contribution in [0.25, 0.3) is 0 Å². The molecule has 0 saturated carbocycles. The Hall–Kier alpha value is -1.29. The monoisotopic (exact) mass is 166 g/mol. The number of anilines is 2. The minimum absolute atomic E-state index is 0.678. The number of hydrazine groups is 1. The molecule has 0 aliphatic rings. The highest BCUT2D eigenvalue weighted by molar-refractivity contribution is 5.46. The minimum Gasteiger partial charge on any atom is -0.384 e. The Balaban J connectivity index is 2.53. The molecule has 0 aliphatic carbocycles. The number of nitrogens with two attached hydrogens (primary N) is 1. The van der Waals surface area contributed by atoms with Gasteiger partial charge in [0, 0.05) is 6.54 Å². The molecule has 4 heteroatoms. The molecule has 4 N–H and O–H groups in total. The van der Waals surface area contributed by atoms with Crippen LogP contribution in [0.5, 0.6) is 0 Å². The lowest BCUT2D eigenvalue weighted by Crippen LogP contribution is -2.08. The van der Waals surface area contributed by atoms with Gasteiger partial charge in [-0.25, -0.2) is 10.8 Å². The van der Waals surface area contributed by atoms with Gasteiger partial charge in [-0.05, 0) is 18.6 Å². The Labute approximate surface area is 72.2 Å². The highest BCUT2D eigenvalue weighted by Crippen LogP contribution is 2.07. The van der Waals surface area contributed by atoms with Crippen molar-refractivity contribution in [2.24, 2.45) is 5.84 Å². The van der Waals surface area contributed by atoms with Crippen molar-refractivity contribution < 1.29 is 0 Å². The average molecular weight is 166 g/mol. The molecule has 4 nitrogen and oxygen atoms in total. The number of rotatable bonds is 4. The Kier molecular flexibility index (Phi) is 3.35. The molecule has 0 amide bonds. The standard InChI is InChI=1S/C8H14N4/c1-2-5-10-7-3-4-8(12-9)11-6-7/h3-4,6,10H,2,5,9H2,1H3,(H,11,12). The summed E-state index contributed by atoms with van der Waals surface area (Å²) in [4.78, 5) is 4.05. The summed E-state index contributed by atoms with van der Waals surface area (Å²) in [5, 5.41) is 3.21. The number of hydrogen-bond acceptors (Lipinski definition) is 4. The second-order valence-electron chi connectivity index (χ2n) is 2.50. The van der Waals surface area contributed by atoms with Gasteiger partial charge in [0.05, 0.1) is 11.9 Å². The third-order valence-corrected chi connectivity index (χ3v) is 1.49. The summed E-state index contributed by atoms with van der Waals surface area (Å²) in [5.41, 5.74) is 3.50. The molecule has 0 unspecified atom stereocenters. The van der Waals surface area contributed by atoms with Crippen molar-refractivity contribution in [3.05, 3.63) is 18.3 Å². The van der Waals surface area contributed by atoms with E-state index in [4.69, 9.17) is 5.84 Å². The number of pyridine rings is 1. The Morgan fingerprint density at radius 1 is 1.50 bits per heavy atom. The van der Waals surface area contributed by atoms with E-state index in [1.807, 2.05) is 12.1 Å². The van der Waals surface area contributed by atoms with E-state index in [2.05, 4.69) is 22.7 Å². The first-order chi connectivity index (χ1) is 5.86. The number of hydrogen-bond donors (Lipinski definition) is 3. The van der Waals surface area contributed by atoms with Crippen LogP contribution in [0.3, 0.4) is 0 Å². The van der Waals surface area contributed by atoms with Crippen molar-refractivity contribution in [1.82, 2.24) is 4.98 Å². The van der Waals surface area contributed by atoms with Crippen LogP contribution in [0.2, 0.25) is 0 Å². The molecule has 66 valence electrons. The predicted octanol–water partition coefficient (Wildman–Crippen LogP) is 1.19. The zero-order valence-electron chi connectivity index (χ0n) is 7.17. The predicted molar refractivity (Wildman–Crippen MR) is 50.8 cm³/mol. The van der Waals surface area contributed by atoms with Crippen molar-refractivity contribution in [2.75, 3.05) is 17.3 Å². The second-order valence-corrected chi connectivity index (χ2v) is 2.50. The summed E-state index contributed by atoms with van der Waals surface area (Å²) >= 11 is 0. The van der Waals surface area contributed by atoms with Crippen LogP contribution >= 0.6 is 0 Å². The van der Waals surface area contributed by atoms with Gasteiger partial charge in [0.1, 0.15) is 5.82 Å². The van der Waals surface area contributed by atoms with Crippen molar-refractivity contribution >= 4 is 11.5 Å². The average Bonchev–Trinajstić information content (AvgIpc) is 2.15. The molecule has 0 aromatic carbocycles. The van der Waals surface area contributed by atoms with Crippen LogP contribution in [-0.2, 0) is 0 Å². The fraction of sp³-hybridized carbons (Fsp3) is 0.375. The quantitative estimate of drug-likeness (QED) is 0.464. The largest absolute Gasteiger partial charge is 0.384 e. The van der Waals surface area contributed by atoms with Gasteiger partial charge in [-0.1, -0.05) is 6.92 Å². The van der Waals surface area contributed by atoms with Crippen LogP contribution in [0.4, 0.5) is 11.5 Å². The second kappa shape index (κ2) is 4.56. The van der Waals surface area contributed by atoms with Crippen LogP contribution in [0.1, 0.15) is 13.3 Å². The van der Waals surface area contributed by atoms with Gasteiger partial charge in [-0.15, -0.1) is 0 Å². The molecule has 0 radical (unpaired) electrons. The van der Waals surface area contributed by atoms with Crippen LogP contribution in [0.15, 0.2) is 18.3 Å². The van der Waals surface area contributed by atoms with Gasteiger partial charge in [0.15, 0.2) is 0 Å². The van der Waals surface area contributed by atoms with E-state index in [1.165, 1.54) is 0 Å². The van der Waals surface area contributed by atoms with E-state index in [9.17, 15) is 0 Å². The third-order valence-electron chi connectivity index (χ3n) is 1.49. The molecule has 1 aromatic heterocycles. The molecule has 1 rings (SSSR count). The zero-order valence-corrected chi connectivity index (χ0v) is 7.17. The van der Waals surface area contributed by atoms with Gasteiger partial charge < -0.3 is 10.7 Å². The van der Waals surface area contributed by atoms with Crippen molar-refractivity contribution in [3.8, 4) is 0 Å². The zero-order chi connectivity index (χ0) is 8.81. The molecule has 1 heterocycles. The van der Waals surface area contributed by atoms with Crippen LogP contribution < -0.4 is 16.6 Å². The van der Waals surface area contributed by atoms with Gasteiger partial charge in [-0.3, -0.25) is 0 Å². The van der Waals surface area contributed by atoms with Gasteiger partial charge >= 0.3 is 0 Å². The maximum Gasteiger partial charge on any atom is 0.140 e. The number of aromatic nitrogens is 1. The van der Waals surface area contributed by atoms with Crippen LogP contribution in [-0.4, -0.2) is 11.5 Å². The third kappa shape index (κ3) is 2.39. The highest BCUT2D eigenvalue weighted by atomic mass is 15.2. The first-order valence-corrected chi connectivity index (χ1v) is 4.03.